The molecular formula is C12H24O2S2. The van der Waals surface area contributed by atoms with Crippen LogP contribution < -0.4 is 0 Å². The maximum atomic E-state index is 9.66. The van der Waals surface area contributed by atoms with E-state index in [4.69, 9.17) is 4.74 Å². The second-order valence-electron chi connectivity index (χ2n) is 4.48. The first-order valence-corrected chi connectivity index (χ1v) is 7.78. The van der Waals surface area contributed by atoms with Gasteiger partial charge >= 0.3 is 0 Å². The van der Waals surface area contributed by atoms with E-state index in [0.29, 0.717) is 10.5 Å². The molecule has 1 heterocycles. The highest BCUT2D eigenvalue weighted by Crippen LogP contribution is 2.35. The van der Waals surface area contributed by atoms with E-state index in [2.05, 4.69) is 26.5 Å². The first-order chi connectivity index (χ1) is 7.65. The molecule has 1 fully saturated rings. The highest BCUT2D eigenvalue weighted by Gasteiger charge is 2.29. The van der Waals surface area contributed by atoms with Crippen molar-refractivity contribution in [2.75, 3.05) is 0 Å². The molecule has 0 saturated carbocycles. The van der Waals surface area contributed by atoms with Gasteiger partial charge in [-0.25, -0.2) is 0 Å². The molecule has 0 aromatic rings. The predicted molar refractivity (Wildman–Crippen MR) is 74.1 cm³/mol. The Bertz CT molecular complexity index is 188. The fourth-order valence-electron chi connectivity index (χ4n) is 2.05. The molecule has 4 heteroatoms. The van der Waals surface area contributed by atoms with Crippen LogP contribution in [0.25, 0.3) is 0 Å². The van der Waals surface area contributed by atoms with Crippen molar-refractivity contribution >= 4 is 24.4 Å². The van der Waals surface area contributed by atoms with Crippen molar-refractivity contribution < 1.29 is 9.84 Å². The van der Waals surface area contributed by atoms with Gasteiger partial charge in [0.05, 0.1) is 0 Å². The van der Waals surface area contributed by atoms with Crippen LogP contribution in [0.5, 0.6) is 0 Å². The van der Waals surface area contributed by atoms with E-state index < -0.39 is 6.29 Å². The molecule has 0 aliphatic carbocycles. The van der Waals surface area contributed by atoms with E-state index in [-0.39, 0.29) is 5.44 Å². The van der Waals surface area contributed by atoms with Gasteiger partial charge in [-0.05, 0) is 19.3 Å². The summed E-state index contributed by atoms with van der Waals surface area (Å²) in [6.07, 6.45) is 5.79. The third-order valence-corrected chi connectivity index (χ3v) is 4.70. The Hall–Kier alpha value is 0.620. The van der Waals surface area contributed by atoms with Crippen LogP contribution in [-0.2, 0) is 4.74 Å². The van der Waals surface area contributed by atoms with Gasteiger partial charge in [0.15, 0.2) is 6.29 Å². The molecule has 96 valence electrons. The SMILES string of the molecule is CCCC(S)CC1OC(O)CC(CCC)S1. The van der Waals surface area contributed by atoms with E-state index in [1.54, 1.807) is 0 Å². The average Bonchev–Trinajstić information content (AvgIpc) is 2.17. The Morgan fingerprint density at radius 3 is 2.81 bits per heavy atom. The molecule has 4 atom stereocenters. The zero-order valence-corrected chi connectivity index (χ0v) is 12.0. The molecule has 1 rings (SSSR count). The van der Waals surface area contributed by atoms with E-state index in [1.807, 2.05) is 11.8 Å². The summed E-state index contributed by atoms with van der Waals surface area (Å²) in [5, 5.41) is 10.6. The Morgan fingerprint density at radius 2 is 2.19 bits per heavy atom. The highest BCUT2D eigenvalue weighted by atomic mass is 32.2. The Morgan fingerprint density at radius 1 is 1.44 bits per heavy atom. The maximum absolute atomic E-state index is 9.66. The van der Waals surface area contributed by atoms with Crippen LogP contribution in [0.4, 0.5) is 0 Å². The predicted octanol–water partition coefficient (Wildman–Crippen LogP) is 3.44. The monoisotopic (exact) mass is 264 g/mol. The van der Waals surface area contributed by atoms with Gasteiger partial charge in [-0.1, -0.05) is 26.7 Å². The van der Waals surface area contributed by atoms with Crippen molar-refractivity contribution in [1.82, 2.24) is 0 Å². The van der Waals surface area contributed by atoms with Crippen LogP contribution >= 0.6 is 24.4 Å². The Kier molecular flexibility index (Phi) is 7.20. The molecule has 0 aromatic carbocycles. The number of hydrogen-bond acceptors (Lipinski definition) is 4. The van der Waals surface area contributed by atoms with E-state index >= 15 is 0 Å². The molecule has 0 amide bonds. The second-order valence-corrected chi connectivity index (χ2v) is 6.68. The molecular weight excluding hydrogens is 240 g/mol. The fourth-order valence-corrected chi connectivity index (χ4v) is 4.26. The molecule has 1 N–H and O–H groups in total. The fraction of sp³-hybridized carbons (Fsp3) is 1.00. The third-order valence-electron chi connectivity index (χ3n) is 2.81. The summed E-state index contributed by atoms with van der Waals surface area (Å²) in [6.45, 7) is 4.36. The number of ether oxygens (including phenoxy) is 1. The van der Waals surface area contributed by atoms with Crippen molar-refractivity contribution in [3.8, 4) is 0 Å². The topological polar surface area (TPSA) is 29.5 Å². The van der Waals surface area contributed by atoms with Crippen LogP contribution in [0.2, 0.25) is 0 Å². The average molecular weight is 264 g/mol. The van der Waals surface area contributed by atoms with E-state index in [0.717, 1.165) is 25.7 Å². The quantitative estimate of drug-likeness (QED) is 0.720. The number of rotatable bonds is 6. The van der Waals surface area contributed by atoms with Gasteiger partial charge < -0.3 is 9.84 Å². The van der Waals surface area contributed by atoms with E-state index in [9.17, 15) is 5.11 Å². The lowest BCUT2D eigenvalue weighted by atomic mass is 10.2. The minimum atomic E-state index is -0.565. The summed E-state index contributed by atoms with van der Waals surface area (Å²) >= 11 is 6.44. The van der Waals surface area contributed by atoms with Crippen LogP contribution in [0.1, 0.15) is 52.4 Å². The van der Waals surface area contributed by atoms with Crippen LogP contribution in [-0.4, -0.2) is 27.3 Å². The standard InChI is InChI=1S/C12H24O2S2/c1-3-5-9(15)7-12-14-11(13)8-10(16-12)6-4-2/h9-13,15H,3-8H2,1-2H3. The van der Waals surface area contributed by atoms with Crippen LogP contribution in [0, 0.1) is 0 Å². The lowest BCUT2D eigenvalue weighted by molar-refractivity contribution is -0.121. The molecule has 1 saturated heterocycles. The first kappa shape index (κ1) is 14.7. The minimum absolute atomic E-state index is 0.134. The summed E-state index contributed by atoms with van der Waals surface area (Å²) in [7, 11) is 0. The van der Waals surface area contributed by atoms with Crippen molar-refractivity contribution in [3.05, 3.63) is 0 Å². The number of thioether (sulfide) groups is 1. The zero-order chi connectivity index (χ0) is 12.0. The Labute approximate surface area is 109 Å². The van der Waals surface area contributed by atoms with Gasteiger partial charge in [-0.2, -0.15) is 12.6 Å². The van der Waals surface area contributed by atoms with Gasteiger partial charge in [-0.15, -0.1) is 11.8 Å². The van der Waals surface area contributed by atoms with Crippen molar-refractivity contribution in [3.63, 3.8) is 0 Å². The van der Waals surface area contributed by atoms with E-state index in [1.165, 1.54) is 12.8 Å². The van der Waals surface area contributed by atoms with Crippen molar-refractivity contribution in [1.29, 1.82) is 0 Å². The second kappa shape index (κ2) is 7.85. The lowest BCUT2D eigenvalue weighted by Crippen LogP contribution is -2.32. The molecule has 0 spiro atoms. The van der Waals surface area contributed by atoms with Gasteiger partial charge in [0.1, 0.15) is 5.44 Å². The Balaban J connectivity index is 2.34. The van der Waals surface area contributed by atoms with Gasteiger partial charge in [0.25, 0.3) is 0 Å². The largest absolute Gasteiger partial charge is 0.368 e. The van der Waals surface area contributed by atoms with Gasteiger partial charge in [0.2, 0.25) is 0 Å². The number of thiol groups is 1. The van der Waals surface area contributed by atoms with Crippen LogP contribution in [0.15, 0.2) is 0 Å². The molecule has 1 aliphatic rings. The first-order valence-electron chi connectivity index (χ1n) is 6.32. The zero-order valence-electron chi connectivity index (χ0n) is 10.3. The summed E-state index contributed by atoms with van der Waals surface area (Å²) in [5.41, 5.74) is 0.134. The maximum Gasteiger partial charge on any atom is 0.157 e. The summed E-state index contributed by atoms with van der Waals surface area (Å²) in [4.78, 5) is 0. The van der Waals surface area contributed by atoms with Crippen molar-refractivity contribution in [2.24, 2.45) is 0 Å². The number of hydrogen-bond donors (Lipinski definition) is 2. The molecule has 2 nitrogen and oxygen atoms in total. The molecule has 0 radical (unpaired) electrons. The lowest BCUT2D eigenvalue weighted by Gasteiger charge is -2.33. The van der Waals surface area contributed by atoms with Gasteiger partial charge in [0, 0.05) is 16.9 Å². The molecule has 1 aliphatic heterocycles. The molecule has 0 aromatic heterocycles. The smallest absolute Gasteiger partial charge is 0.157 e. The summed E-state index contributed by atoms with van der Waals surface area (Å²) < 4.78 is 5.55. The number of aliphatic hydroxyl groups is 1. The highest BCUT2D eigenvalue weighted by molar-refractivity contribution is 8.00. The van der Waals surface area contributed by atoms with Crippen molar-refractivity contribution in [2.45, 2.75) is 74.6 Å². The molecule has 4 unspecified atom stereocenters. The molecule has 0 bridgehead atoms. The number of aliphatic hydroxyl groups excluding tert-OH is 1. The summed E-state index contributed by atoms with van der Waals surface area (Å²) in [6, 6.07) is 0. The minimum Gasteiger partial charge on any atom is -0.368 e. The van der Waals surface area contributed by atoms with Gasteiger partial charge in [-0.3, -0.25) is 0 Å². The summed E-state index contributed by atoms with van der Waals surface area (Å²) in [5.74, 6) is 0. The molecule has 16 heavy (non-hydrogen) atoms. The third kappa shape index (κ3) is 5.30. The normalized spacial score (nSPS) is 32.6. The van der Waals surface area contributed by atoms with Crippen LogP contribution in [0.3, 0.4) is 0 Å².